The maximum Gasteiger partial charge on any atom is 0.269 e. The van der Waals surface area contributed by atoms with Crippen molar-refractivity contribution in [3.63, 3.8) is 0 Å². The number of nitrogens with two attached hydrogens (primary N) is 1. The van der Waals surface area contributed by atoms with Crippen molar-refractivity contribution in [2.75, 3.05) is 19.7 Å². The molecule has 1 aromatic rings. The van der Waals surface area contributed by atoms with E-state index >= 15 is 0 Å². The Bertz CT molecular complexity index is 600. The smallest absolute Gasteiger partial charge is 0.269 e. The summed E-state index contributed by atoms with van der Waals surface area (Å²) < 4.78 is 30.8. The predicted octanol–water partition coefficient (Wildman–Crippen LogP) is 0.585. The fourth-order valence-corrected chi connectivity index (χ4v) is 3.80. The zero-order valence-electron chi connectivity index (χ0n) is 11.3. The zero-order valence-corrected chi connectivity index (χ0v) is 12.1. The lowest BCUT2D eigenvalue weighted by atomic mass is 10.2. The number of hydrogen-bond donors (Lipinski definition) is 1. The van der Waals surface area contributed by atoms with Crippen molar-refractivity contribution in [2.24, 2.45) is 5.73 Å². The summed E-state index contributed by atoms with van der Waals surface area (Å²) in [5.74, 6) is -0.479. The lowest BCUT2D eigenvalue weighted by Gasteiger charge is -2.19. The topological polar surface area (TPSA) is 89.7 Å². The number of rotatable bonds is 6. The number of amides is 1. The molecule has 0 spiro atoms. The van der Waals surface area contributed by atoms with Gasteiger partial charge in [-0.15, -0.1) is 0 Å². The Morgan fingerprint density at radius 2 is 2.05 bits per heavy atom. The predicted molar refractivity (Wildman–Crippen MR) is 73.7 cm³/mol. The molecule has 1 amide bonds. The van der Waals surface area contributed by atoms with Crippen LogP contribution in [0.1, 0.15) is 23.7 Å². The van der Waals surface area contributed by atoms with E-state index in [1.165, 1.54) is 12.1 Å². The summed E-state index contributed by atoms with van der Waals surface area (Å²) in [6.07, 6.45) is 0.148. The molecule has 0 saturated carbocycles. The Balaban J connectivity index is 2.17. The van der Waals surface area contributed by atoms with Crippen molar-refractivity contribution in [2.45, 2.75) is 24.3 Å². The number of fused-ring (bicyclic) bond motifs is 1. The normalized spacial score (nSPS) is 18.1. The molecule has 7 heteroatoms. The molecule has 0 radical (unpaired) electrons. The van der Waals surface area contributed by atoms with E-state index in [0.29, 0.717) is 19.6 Å². The molecule has 1 heterocycles. The maximum absolute atomic E-state index is 12.3. The molecule has 0 bridgehead atoms. The maximum atomic E-state index is 12.3. The summed E-state index contributed by atoms with van der Waals surface area (Å²) in [5, 5.41) is 0. The highest BCUT2D eigenvalue weighted by Gasteiger charge is 2.40. The summed E-state index contributed by atoms with van der Waals surface area (Å²) in [6, 6.07) is 6.23. The van der Waals surface area contributed by atoms with E-state index in [0.717, 1.165) is 4.31 Å². The number of sulfonamides is 1. The summed E-state index contributed by atoms with van der Waals surface area (Å²) >= 11 is 0. The molecule has 1 atom stereocenters. The van der Waals surface area contributed by atoms with Gasteiger partial charge >= 0.3 is 0 Å². The molecular weight excluding hydrogens is 280 g/mol. The van der Waals surface area contributed by atoms with E-state index in [9.17, 15) is 13.2 Å². The molecule has 20 heavy (non-hydrogen) atoms. The number of carbonyl (C=O) groups excluding carboxylic acids is 1. The molecule has 0 aliphatic carbocycles. The van der Waals surface area contributed by atoms with Crippen molar-refractivity contribution < 1.29 is 17.9 Å². The van der Waals surface area contributed by atoms with Crippen LogP contribution in [0, 0.1) is 0 Å². The van der Waals surface area contributed by atoms with Gasteiger partial charge in [0.15, 0.2) is 0 Å². The molecule has 1 unspecified atom stereocenters. The van der Waals surface area contributed by atoms with E-state index in [4.69, 9.17) is 10.5 Å². The standard InChI is InChI=1S/C13H18N2O4S/c1-2-19-10(9-14)7-8-15-13(16)11-5-3-4-6-12(11)20(15,17)18/h3-6,10H,2,7-9,14H2,1H3. The van der Waals surface area contributed by atoms with Gasteiger partial charge in [-0.05, 0) is 25.5 Å². The van der Waals surface area contributed by atoms with Crippen LogP contribution >= 0.6 is 0 Å². The van der Waals surface area contributed by atoms with Gasteiger partial charge in [-0.3, -0.25) is 4.79 Å². The third-order valence-corrected chi connectivity index (χ3v) is 5.07. The van der Waals surface area contributed by atoms with E-state index in [1.54, 1.807) is 12.1 Å². The summed E-state index contributed by atoms with van der Waals surface area (Å²) in [6.45, 7) is 2.72. The van der Waals surface area contributed by atoms with Gasteiger partial charge in [0.2, 0.25) is 0 Å². The Morgan fingerprint density at radius 1 is 1.35 bits per heavy atom. The van der Waals surface area contributed by atoms with Gasteiger partial charge in [-0.1, -0.05) is 12.1 Å². The van der Waals surface area contributed by atoms with Crippen LogP contribution < -0.4 is 5.73 Å². The summed E-state index contributed by atoms with van der Waals surface area (Å²) in [4.78, 5) is 12.2. The molecule has 2 N–H and O–H groups in total. The minimum absolute atomic E-state index is 0.0747. The molecule has 6 nitrogen and oxygen atoms in total. The SMILES string of the molecule is CCOC(CN)CCN1C(=O)c2ccccc2S1(=O)=O. The summed E-state index contributed by atoms with van der Waals surface area (Å²) in [7, 11) is -3.73. The van der Waals surface area contributed by atoms with Crippen LogP contribution in [0.4, 0.5) is 0 Å². The van der Waals surface area contributed by atoms with E-state index in [2.05, 4.69) is 0 Å². The van der Waals surface area contributed by atoms with Gasteiger partial charge in [0, 0.05) is 19.7 Å². The Kier molecular flexibility index (Phi) is 4.42. The summed E-state index contributed by atoms with van der Waals surface area (Å²) in [5.41, 5.74) is 5.78. The van der Waals surface area contributed by atoms with Crippen LogP contribution in [0.15, 0.2) is 29.2 Å². The largest absolute Gasteiger partial charge is 0.377 e. The molecule has 1 aliphatic heterocycles. The number of nitrogens with zero attached hydrogens (tertiary/aromatic N) is 1. The number of carbonyl (C=O) groups is 1. The van der Waals surface area contributed by atoms with Crippen LogP contribution in [0.3, 0.4) is 0 Å². The fraction of sp³-hybridized carbons (Fsp3) is 0.462. The third kappa shape index (κ3) is 2.56. The van der Waals surface area contributed by atoms with Crippen LogP contribution in [-0.4, -0.2) is 44.4 Å². The minimum Gasteiger partial charge on any atom is -0.377 e. The van der Waals surface area contributed by atoms with Gasteiger partial charge in [0.05, 0.1) is 11.7 Å². The van der Waals surface area contributed by atoms with Crippen molar-refractivity contribution in [3.05, 3.63) is 29.8 Å². The molecule has 0 saturated heterocycles. The minimum atomic E-state index is -3.73. The second-order valence-corrected chi connectivity index (χ2v) is 6.31. The average molecular weight is 298 g/mol. The highest BCUT2D eigenvalue weighted by Crippen LogP contribution is 2.30. The van der Waals surface area contributed by atoms with Crippen LogP contribution in [-0.2, 0) is 14.8 Å². The van der Waals surface area contributed by atoms with Crippen LogP contribution in [0.5, 0.6) is 0 Å². The van der Waals surface area contributed by atoms with Crippen LogP contribution in [0.25, 0.3) is 0 Å². The van der Waals surface area contributed by atoms with Crippen LogP contribution in [0.2, 0.25) is 0 Å². The van der Waals surface area contributed by atoms with Crippen molar-refractivity contribution in [1.29, 1.82) is 0 Å². The Labute approximate surface area is 118 Å². The highest BCUT2D eigenvalue weighted by molar-refractivity contribution is 7.90. The van der Waals surface area contributed by atoms with Gasteiger partial charge in [0.25, 0.3) is 15.9 Å². The first kappa shape index (κ1) is 15.0. The van der Waals surface area contributed by atoms with E-state index < -0.39 is 15.9 Å². The van der Waals surface area contributed by atoms with Gasteiger partial charge in [0.1, 0.15) is 4.90 Å². The molecule has 0 fully saturated rings. The molecule has 0 aromatic heterocycles. The monoisotopic (exact) mass is 298 g/mol. The van der Waals surface area contributed by atoms with Gasteiger partial charge in [-0.25, -0.2) is 12.7 Å². The molecule has 1 aromatic carbocycles. The first-order valence-corrected chi connectivity index (χ1v) is 7.94. The molecular formula is C13H18N2O4S. The zero-order chi connectivity index (χ0) is 14.8. The highest BCUT2D eigenvalue weighted by atomic mass is 32.2. The first-order valence-electron chi connectivity index (χ1n) is 6.50. The van der Waals surface area contributed by atoms with Gasteiger partial charge < -0.3 is 10.5 Å². The Hall–Kier alpha value is -1.44. The lowest BCUT2D eigenvalue weighted by Crippen LogP contribution is -2.35. The second kappa shape index (κ2) is 5.90. The molecule has 1 aliphatic rings. The fourth-order valence-electron chi connectivity index (χ4n) is 2.22. The number of ether oxygens (including phenoxy) is 1. The number of hydrogen-bond acceptors (Lipinski definition) is 5. The number of benzene rings is 1. The van der Waals surface area contributed by atoms with Crippen molar-refractivity contribution in [3.8, 4) is 0 Å². The lowest BCUT2D eigenvalue weighted by molar-refractivity contribution is 0.0574. The average Bonchev–Trinajstić information content (AvgIpc) is 2.64. The molecule has 2 rings (SSSR count). The molecule has 110 valence electrons. The first-order chi connectivity index (χ1) is 9.52. The second-order valence-electron chi connectivity index (χ2n) is 4.48. The van der Waals surface area contributed by atoms with Crippen molar-refractivity contribution in [1.82, 2.24) is 4.31 Å². The van der Waals surface area contributed by atoms with Gasteiger partial charge in [-0.2, -0.15) is 0 Å². The van der Waals surface area contributed by atoms with Crippen molar-refractivity contribution >= 4 is 15.9 Å². The van der Waals surface area contributed by atoms with E-state index in [-0.39, 0.29) is 23.1 Å². The third-order valence-electron chi connectivity index (χ3n) is 3.23. The van der Waals surface area contributed by atoms with E-state index in [1.807, 2.05) is 6.92 Å². The quantitative estimate of drug-likeness (QED) is 0.830. The Morgan fingerprint density at radius 3 is 2.65 bits per heavy atom.